The molecule has 0 saturated heterocycles. The molecule has 10 heteroatoms. The van der Waals surface area contributed by atoms with E-state index in [0.29, 0.717) is 42.1 Å². The van der Waals surface area contributed by atoms with Gasteiger partial charge >= 0.3 is 0 Å². The molecule has 1 aromatic carbocycles. The number of carbonyl (C=O) groups excluding carboxylic acids is 1. The van der Waals surface area contributed by atoms with Gasteiger partial charge < -0.3 is 19.3 Å². The fourth-order valence-electron chi connectivity index (χ4n) is 2.99. The molecule has 0 aliphatic carbocycles. The lowest BCUT2D eigenvalue weighted by atomic mass is 10.1. The molecule has 0 radical (unpaired) electrons. The van der Waals surface area contributed by atoms with E-state index in [9.17, 15) is 4.79 Å². The zero-order chi connectivity index (χ0) is 22.1. The van der Waals surface area contributed by atoms with Crippen molar-refractivity contribution in [1.29, 1.82) is 0 Å². The van der Waals surface area contributed by atoms with Crippen LogP contribution in [0.3, 0.4) is 0 Å². The molecule has 3 rings (SSSR count). The van der Waals surface area contributed by atoms with Crippen LogP contribution in [0.5, 0.6) is 11.5 Å². The molecule has 0 spiro atoms. The van der Waals surface area contributed by atoms with Gasteiger partial charge in [-0.2, -0.15) is 10.1 Å². The maximum absolute atomic E-state index is 12.4. The highest BCUT2D eigenvalue weighted by Gasteiger charge is 2.15. The number of aromatic nitrogens is 5. The summed E-state index contributed by atoms with van der Waals surface area (Å²) < 4.78 is 16.4. The molecule has 2 aromatic heterocycles. The maximum Gasteiger partial charge on any atom is 0.239 e. The van der Waals surface area contributed by atoms with E-state index in [2.05, 4.69) is 37.6 Å². The van der Waals surface area contributed by atoms with Gasteiger partial charge in [-0.05, 0) is 31.0 Å². The Bertz CT molecular complexity index is 957. The van der Waals surface area contributed by atoms with Gasteiger partial charge in [-0.3, -0.25) is 9.89 Å². The van der Waals surface area contributed by atoms with Crippen LogP contribution in [0.25, 0.3) is 11.6 Å². The number of methoxy groups -OCH3 is 1. The van der Waals surface area contributed by atoms with Gasteiger partial charge in [0.2, 0.25) is 17.6 Å². The van der Waals surface area contributed by atoms with Crippen molar-refractivity contribution >= 4 is 5.91 Å². The fraction of sp³-hybridized carbons (Fsp3) is 0.476. The number of aryl methyl sites for hydroxylation is 1. The van der Waals surface area contributed by atoms with Crippen molar-refractivity contribution in [1.82, 2.24) is 30.6 Å². The first-order chi connectivity index (χ1) is 15.1. The van der Waals surface area contributed by atoms with Crippen LogP contribution in [0.15, 0.2) is 29.0 Å². The number of amides is 1. The van der Waals surface area contributed by atoms with E-state index in [1.54, 1.807) is 7.11 Å². The maximum atomic E-state index is 12.4. The lowest BCUT2D eigenvalue weighted by molar-refractivity contribution is -0.121. The third kappa shape index (κ3) is 6.27. The molecule has 3 aromatic rings. The van der Waals surface area contributed by atoms with Crippen LogP contribution >= 0.6 is 0 Å². The molecule has 1 atom stereocenters. The third-order valence-electron chi connectivity index (χ3n) is 4.73. The van der Waals surface area contributed by atoms with E-state index in [4.69, 9.17) is 14.0 Å². The van der Waals surface area contributed by atoms with E-state index < -0.39 is 0 Å². The number of nitrogens with zero attached hydrogens (tertiary/aromatic N) is 4. The lowest BCUT2D eigenvalue weighted by Gasteiger charge is -2.17. The summed E-state index contributed by atoms with van der Waals surface area (Å²) >= 11 is 0. The van der Waals surface area contributed by atoms with Crippen LogP contribution in [0.2, 0.25) is 0 Å². The summed E-state index contributed by atoms with van der Waals surface area (Å²) in [7, 11) is 1.61. The second kappa shape index (κ2) is 11.1. The topological polar surface area (TPSA) is 128 Å². The van der Waals surface area contributed by atoms with Crippen LogP contribution in [0.1, 0.15) is 57.0 Å². The quantitative estimate of drug-likeness (QED) is 0.421. The number of H-pyrrole nitrogens is 1. The van der Waals surface area contributed by atoms with Crippen molar-refractivity contribution in [3.8, 4) is 23.1 Å². The molecule has 2 N–H and O–H groups in total. The highest BCUT2D eigenvalue weighted by Crippen LogP contribution is 2.30. The van der Waals surface area contributed by atoms with Crippen molar-refractivity contribution in [3.05, 3.63) is 36.0 Å². The molecule has 166 valence electrons. The Hall–Kier alpha value is -3.43. The van der Waals surface area contributed by atoms with Crippen LogP contribution in [0.4, 0.5) is 0 Å². The smallest absolute Gasteiger partial charge is 0.239 e. The number of aromatic amines is 1. The van der Waals surface area contributed by atoms with Crippen LogP contribution in [-0.2, 0) is 11.2 Å². The minimum Gasteiger partial charge on any atom is -0.493 e. The van der Waals surface area contributed by atoms with Gasteiger partial charge in [-0.25, -0.2) is 4.98 Å². The summed E-state index contributed by atoms with van der Waals surface area (Å²) in [5.41, 5.74) is 0.927. The number of rotatable bonds is 12. The van der Waals surface area contributed by atoms with Gasteiger partial charge in [-0.1, -0.05) is 31.0 Å². The Morgan fingerprint density at radius 2 is 2.16 bits per heavy atom. The van der Waals surface area contributed by atoms with E-state index in [1.807, 2.05) is 25.1 Å². The molecule has 10 nitrogen and oxygen atoms in total. The van der Waals surface area contributed by atoms with Crippen molar-refractivity contribution in [2.45, 2.75) is 52.0 Å². The Morgan fingerprint density at radius 1 is 1.29 bits per heavy atom. The van der Waals surface area contributed by atoms with E-state index in [0.717, 1.165) is 24.8 Å². The number of benzene rings is 1. The Kier molecular flexibility index (Phi) is 7.97. The summed E-state index contributed by atoms with van der Waals surface area (Å²) in [6, 6.07) is 5.51. The molecular weight excluding hydrogens is 400 g/mol. The van der Waals surface area contributed by atoms with Crippen molar-refractivity contribution in [2.75, 3.05) is 13.7 Å². The summed E-state index contributed by atoms with van der Waals surface area (Å²) in [6.07, 6.45) is 5.19. The summed E-state index contributed by atoms with van der Waals surface area (Å²) in [4.78, 5) is 20.5. The van der Waals surface area contributed by atoms with Crippen molar-refractivity contribution < 1.29 is 18.8 Å². The monoisotopic (exact) mass is 428 g/mol. The zero-order valence-corrected chi connectivity index (χ0v) is 18.1. The van der Waals surface area contributed by atoms with E-state index in [-0.39, 0.29) is 18.4 Å². The SMILES string of the molecule is CCCCCOc1ccc(C(C)NC(=O)CCc2nc(-c3ncn[nH]3)no2)cc1OC. The van der Waals surface area contributed by atoms with Gasteiger partial charge in [0, 0.05) is 12.8 Å². The first-order valence-corrected chi connectivity index (χ1v) is 10.4. The molecule has 1 unspecified atom stereocenters. The Balaban J connectivity index is 1.50. The molecule has 2 heterocycles. The highest BCUT2D eigenvalue weighted by atomic mass is 16.5. The third-order valence-corrected chi connectivity index (χ3v) is 4.73. The minimum atomic E-state index is -0.192. The molecular formula is C21H28N6O4. The fourth-order valence-corrected chi connectivity index (χ4v) is 2.99. The molecule has 0 aliphatic heterocycles. The second-order valence-electron chi connectivity index (χ2n) is 7.10. The van der Waals surface area contributed by atoms with Gasteiger partial charge in [-0.15, -0.1) is 0 Å². The Morgan fingerprint density at radius 3 is 2.90 bits per heavy atom. The predicted molar refractivity (Wildman–Crippen MR) is 113 cm³/mol. The molecule has 0 bridgehead atoms. The lowest BCUT2D eigenvalue weighted by Crippen LogP contribution is -2.26. The molecule has 0 aliphatic rings. The number of carbonyl (C=O) groups is 1. The summed E-state index contributed by atoms with van der Waals surface area (Å²) in [5, 5.41) is 13.2. The number of ether oxygens (including phenoxy) is 2. The first kappa shape index (κ1) is 22.3. The first-order valence-electron chi connectivity index (χ1n) is 10.4. The number of nitrogens with one attached hydrogen (secondary N) is 2. The zero-order valence-electron chi connectivity index (χ0n) is 18.1. The minimum absolute atomic E-state index is 0.120. The standard InChI is InChI=1S/C21H28N6O4/c1-4-5-6-11-30-16-8-7-15(12-17(16)29-3)14(2)24-18(28)9-10-19-25-21(27-31-19)20-22-13-23-26-20/h7-8,12-14H,4-6,9-11H2,1-3H3,(H,24,28)(H,22,23,26). The normalized spacial score (nSPS) is 11.8. The predicted octanol–water partition coefficient (Wildman–Crippen LogP) is 3.24. The molecule has 31 heavy (non-hydrogen) atoms. The largest absolute Gasteiger partial charge is 0.493 e. The van der Waals surface area contributed by atoms with Gasteiger partial charge in [0.25, 0.3) is 0 Å². The van der Waals surface area contributed by atoms with E-state index >= 15 is 0 Å². The average molecular weight is 428 g/mol. The molecule has 1 amide bonds. The van der Waals surface area contributed by atoms with Crippen molar-refractivity contribution in [3.63, 3.8) is 0 Å². The number of hydrogen-bond acceptors (Lipinski definition) is 8. The van der Waals surface area contributed by atoms with Gasteiger partial charge in [0.15, 0.2) is 17.3 Å². The van der Waals surface area contributed by atoms with E-state index in [1.165, 1.54) is 6.33 Å². The van der Waals surface area contributed by atoms with Gasteiger partial charge in [0.05, 0.1) is 19.8 Å². The highest BCUT2D eigenvalue weighted by molar-refractivity contribution is 5.76. The van der Waals surface area contributed by atoms with Gasteiger partial charge in [0.1, 0.15) is 6.33 Å². The average Bonchev–Trinajstić information content (AvgIpc) is 3.47. The summed E-state index contributed by atoms with van der Waals surface area (Å²) in [5.74, 6) is 2.33. The molecule has 0 fully saturated rings. The van der Waals surface area contributed by atoms with Crippen LogP contribution < -0.4 is 14.8 Å². The summed E-state index contributed by atoms with van der Waals surface area (Å²) in [6.45, 7) is 4.73. The van der Waals surface area contributed by atoms with Crippen LogP contribution in [-0.4, -0.2) is 44.9 Å². The second-order valence-corrected chi connectivity index (χ2v) is 7.10. The number of unbranched alkanes of at least 4 members (excludes halogenated alkanes) is 2. The Labute approximate surface area is 180 Å². The van der Waals surface area contributed by atoms with Crippen molar-refractivity contribution in [2.24, 2.45) is 0 Å². The number of hydrogen-bond donors (Lipinski definition) is 2. The van der Waals surface area contributed by atoms with Crippen LogP contribution in [0, 0.1) is 0 Å². The molecule has 0 saturated carbocycles.